The Morgan fingerprint density at radius 1 is 1.48 bits per heavy atom. The molecule has 0 unspecified atom stereocenters. The van der Waals surface area contributed by atoms with Crippen LogP contribution in [-0.2, 0) is 20.9 Å². The summed E-state index contributed by atoms with van der Waals surface area (Å²) in [6, 6.07) is 0.917. The quantitative estimate of drug-likeness (QED) is 0.790. The lowest BCUT2D eigenvalue weighted by Gasteiger charge is -2.25. The van der Waals surface area contributed by atoms with E-state index >= 15 is 0 Å². The number of hydrogen-bond acceptors (Lipinski definition) is 5. The van der Waals surface area contributed by atoms with Gasteiger partial charge in [0.1, 0.15) is 17.3 Å². The van der Waals surface area contributed by atoms with Crippen LogP contribution in [0.3, 0.4) is 0 Å². The summed E-state index contributed by atoms with van der Waals surface area (Å²) >= 11 is 0. The zero-order valence-electron chi connectivity index (χ0n) is 14.7. The minimum atomic E-state index is -0.888. The number of primary amides is 1. The van der Waals surface area contributed by atoms with Gasteiger partial charge < -0.3 is 15.4 Å². The highest BCUT2D eigenvalue weighted by Gasteiger charge is 2.37. The smallest absolute Gasteiger partial charge is 0.306 e. The second-order valence-corrected chi connectivity index (χ2v) is 6.96. The van der Waals surface area contributed by atoms with E-state index in [2.05, 4.69) is 11.6 Å². The van der Waals surface area contributed by atoms with Crippen LogP contribution in [0.2, 0.25) is 0 Å². The molecule has 1 aliphatic rings. The number of carbonyl (C=O) groups is 3. The average Bonchev–Trinajstić information content (AvgIpc) is 2.81. The van der Waals surface area contributed by atoms with E-state index in [0.717, 1.165) is 5.56 Å². The molecule has 0 aromatic carbocycles. The Labute approximate surface area is 146 Å². The van der Waals surface area contributed by atoms with Gasteiger partial charge in [-0.1, -0.05) is 12.7 Å². The summed E-state index contributed by atoms with van der Waals surface area (Å²) in [5.41, 5.74) is 6.66. The molecule has 7 heteroatoms. The number of carbonyl (C=O) groups excluding carboxylic acids is 3. The van der Waals surface area contributed by atoms with Crippen LogP contribution in [0.5, 0.6) is 0 Å². The zero-order valence-corrected chi connectivity index (χ0v) is 14.7. The Kier molecular flexibility index (Phi) is 5.25. The third kappa shape index (κ3) is 4.43. The highest BCUT2D eigenvalue weighted by Crippen LogP contribution is 2.26. The Bertz CT molecular complexity index is 722. The van der Waals surface area contributed by atoms with E-state index in [0.29, 0.717) is 11.3 Å². The molecule has 0 radical (unpaired) electrons. The molecule has 0 spiro atoms. The first-order valence-corrected chi connectivity index (χ1v) is 8.06. The number of nitrogens with zero attached hydrogens (tertiary/aromatic N) is 2. The predicted octanol–water partition coefficient (Wildman–Crippen LogP) is 1.66. The van der Waals surface area contributed by atoms with Crippen LogP contribution in [-0.4, -0.2) is 39.3 Å². The van der Waals surface area contributed by atoms with Crippen molar-refractivity contribution in [2.75, 3.05) is 0 Å². The third-order valence-electron chi connectivity index (χ3n) is 3.77. The number of pyridine rings is 1. The van der Waals surface area contributed by atoms with Crippen molar-refractivity contribution in [1.82, 2.24) is 9.88 Å². The molecule has 25 heavy (non-hydrogen) atoms. The standard InChI is InChI=1S/C18H23N3O4/c1-5-11-8-12-10-21(17(24)15(12)20-9-11)13(16(19)23)6-7-14(22)25-18(2,3)4/h5,8-9,13H,1,6-7,10H2,2-4H3,(H2,19,23)/t13-/m0/s1. The van der Waals surface area contributed by atoms with Gasteiger partial charge in [0, 0.05) is 24.7 Å². The second kappa shape index (κ2) is 7.04. The van der Waals surface area contributed by atoms with Crippen molar-refractivity contribution in [2.45, 2.75) is 51.8 Å². The summed E-state index contributed by atoms with van der Waals surface area (Å²) in [4.78, 5) is 41.8. The first-order valence-electron chi connectivity index (χ1n) is 8.06. The molecule has 134 valence electrons. The number of hydrogen-bond donors (Lipinski definition) is 1. The Balaban J connectivity index is 2.11. The molecule has 0 saturated heterocycles. The Morgan fingerprint density at radius 3 is 2.72 bits per heavy atom. The fraction of sp³-hybridized carbons (Fsp3) is 0.444. The predicted molar refractivity (Wildman–Crippen MR) is 92.3 cm³/mol. The van der Waals surface area contributed by atoms with Gasteiger partial charge in [0.25, 0.3) is 5.91 Å². The van der Waals surface area contributed by atoms with E-state index in [1.807, 2.05) is 0 Å². The summed E-state index contributed by atoms with van der Waals surface area (Å²) < 4.78 is 5.23. The number of nitrogens with two attached hydrogens (primary N) is 1. The van der Waals surface area contributed by atoms with Crippen LogP contribution >= 0.6 is 0 Å². The van der Waals surface area contributed by atoms with Crippen molar-refractivity contribution in [1.29, 1.82) is 0 Å². The minimum Gasteiger partial charge on any atom is -0.460 e. The number of esters is 1. The molecule has 0 bridgehead atoms. The van der Waals surface area contributed by atoms with Crippen LogP contribution in [0.25, 0.3) is 6.08 Å². The molecule has 1 atom stereocenters. The average molecular weight is 345 g/mol. The highest BCUT2D eigenvalue weighted by atomic mass is 16.6. The van der Waals surface area contributed by atoms with Crippen molar-refractivity contribution in [3.63, 3.8) is 0 Å². The van der Waals surface area contributed by atoms with E-state index in [-0.39, 0.29) is 25.3 Å². The molecule has 2 N–H and O–H groups in total. The van der Waals surface area contributed by atoms with Gasteiger partial charge in [-0.25, -0.2) is 0 Å². The SMILES string of the molecule is C=Cc1cnc2c(c1)CN([C@@H](CCC(=O)OC(C)(C)C)C(N)=O)C2=O. The summed E-state index contributed by atoms with van der Waals surface area (Å²) in [6.45, 7) is 9.19. The number of rotatable bonds is 6. The third-order valence-corrected chi connectivity index (χ3v) is 3.77. The molecule has 1 aliphatic heterocycles. The van der Waals surface area contributed by atoms with Crippen molar-refractivity contribution in [3.05, 3.63) is 35.7 Å². The summed E-state index contributed by atoms with van der Waals surface area (Å²) in [5.74, 6) is -1.46. The van der Waals surface area contributed by atoms with Crippen LogP contribution in [0.1, 0.15) is 55.2 Å². The zero-order chi connectivity index (χ0) is 18.8. The van der Waals surface area contributed by atoms with Crippen molar-refractivity contribution >= 4 is 23.9 Å². The van der Waals surface area contributed by atoms with E-state index in [4.69, 9.17) is 10.5 Å². The Morgan fingerprint density at radius 2 is 2.16 bits per heavy atom. The van der Waals surface area contributed by atoms with Crippen molar-refractivity contribution in [2.24, 2.45) is 5.73 Å². The number of ether oxygens (including phenoxy) is 1. The molecule has 7 nitrogen and oxygen atoms in total. The van der Waals surface area contributed by atoms with Gasteiger partial charge >= 0.3 is 5.97 Å². The Hall–Kier alpha value is -2.70. The van der Waals surface area contributed by atoms with E-state index in [1.54, 1.807) is 39.1 Å². The molecule has 1 aromatic rings. The lowest BCUT2D eigenvalue weighted by atomic mass is 10.1. The topological polar surface area (TPSA) is 103 Å². The molecule has 2 heterocycles. The second-order valence-electron chi connectivity index (χ2n) is 6.96. The minimum absolute atomic E-state index is 0.00363. The lowest BCUT2D eigenvalue weighted by Crippen LogP contribution is -2.45. The maximum absolute atomic E-state index is 12.5. The fourth-order valence-electron chi connectivity index (χ4n) is 2.70. The molecule has 2 amide bonds. The van der Waals surface area contributed by atoms with Gasteiger partial charge in [-0.3, -0.25) is 19.4 Å². The van der Waals surface area contributed by atoms with E-state index in [1.165, 1.54) is 4.90 Å². The maximum atomic E-state index is 12.5. The van der Waals surface area contributed by atoms with Gasteiger partial charge in [0.2, 0.25) is 5.91 Å². The van der Waals surface area contributed by atoms with Gasteiger partial charge in [-0.2, -0.15) is 0 Å². The van der Waals surface area contributed by atoms with Crippen molar-refractivity contribution < 1.29 is 19.1 Å². The molecular weight excluding hydrogens is 322 g/mol. The van der Waals surface area contributed by atoms with Crippen LogP contribution in [0.4, 0.5) is 0 Å². The number of fused-ring (bicyclic) bond motifs is 1. The normalized spacial score (nSPS) is 14.8. The van der Waals surface area contributed by atoms with Crippen molar-refractivity contribution in [3.8, 4) is 0 Å². The monoisotopic (exact) mass is 345 g/mol. The highest BCUT2D eigenvalue weighted by molar-refractivity contribution is 5.99. The van der Waals surface area contributed by atoms with Gasteiger partial charge in [0.15, 0.2) is 0 Å². The van der Waals surface area contributed by atoms with Gasteiger partial charge in [-0.05, 0) is 38.8 Å². The number of aromatic nitrogens is 1. The molecule has 0 saturated carbocycles. The first kappa shape index (κ1) is 18.6. The van der Waals surface area contributed by atoms with Crippen LogP contribution < -0.4 is 5.73 Å². The largest absolute Gasteiger partial charge is 0.460 e. The summed E-state index contributed by atoms with van der Waals surface area (Å²) in [7, 11) is 0. The summed E-state index contributed by atoms with van der Waals surface area (Å²) in [6.07, 6.45) is 3.29. The van der Waals surface area contributed by atoms with Crippen LogP contribution in [0, 0.1) is 0 Å². The molecular formula is C18H23N3O4. The molecule has 2 rings (SSSR count). The van der Waals surface area contributed by atoms with E-state index < -0.39 is 23.5 Å². The van der Waals surface area contributed by atoms with Gasteiger partial charge in [-0.15, -0.1) is 0 Å². The molecule has 1 aromatic heterocycles. The van der Waals surface area contributed by atoms with E-state index in [9.17, 15) is 14.4 Å². The van der Waals surface area contributed by atoms with Crippen LogP contribution in [0.15, 0.2) is 18.8 Å². The first-order chi connectivity index (χ1) is 11.6. The summed E-state index contributed by atoms with van der Waals surface area (Å²) in [5, 5.41) is 0. The fourth-order valence-corrected chi connectivity index (χ4v) is 2.70. The molecule has 0 fully saturated rings. The lowest BCUT2D eigenvalue weighted by molar-refractivity contribution is -0.155. The number of amides is 2. The maximum Gasteiger partial charge on any atom is 0.306 e. The molecule has 0 aliphatic carbocycles. The van der Waals surface area contributed by atoms with Gasteiger partial charge in [0.05, 0.1) is 0 Å².